The Labute approximate surface area is 205 Å². The normalized spacial score (nSPS) is 12.9. The number of carbonyl (C=O) groups excluding carboxylic acids is 2. The van der Waals surface area contributed by atoms with Gasteiger partial charge in [-0.25, -0.2) is 0 Å². The van der Waals surface area contributed by atoms with Crippen molar-refractivity contribution in [2.45, 2.75) is 32.7 Å². The van der Waals surface area contributed by atoms with E-state index in [2.05, 4.69) is 0 Å². The molecule has 186 valence electrons. The minimum atomic E-state index is -0.260. The predicted molar refractivity (Wildman–Crippen MR) is 129 cm³/mol. The Bertz CT molecular complexity index is 1130. The molecule has 2 heterocycles. The zero-order valence-electron chi connectivity index (χ0n) is 20.5. The lowest BCUT2D eigenvalue weighted by Gasteiger charge is -2.27. The van der Waals surface area contributed by atoms with Gasteiger partial charge in [-0.3, -0.25) is 9.59 Å². The van der Waals surface area contributed by atoms with Crippen LogP contribution in [0.1, 0.15) is 40.5 Å². The first-order valence-corrected chi connectivity index (χ1v) is 11.8. The fourth-order valence-corrected chi connectivity index (χ4v) is 4.00. The Morgan fingerprint density at radius 2 is 1.83 bits per heavy atom. The smallest absolute Gasteiger partial charge is 0.290 e. The highest BCUT2D eigenvalue weighted by Crippen LogP contribution is 2.30. The van der Waals surface area contributed by atoms with Crippen LogP contribution < -0.4 is 9.47 Å². The number of aryl methyl sites for hydroxylation is 1. The molecular formula is C27H32N2O6. The van der Waals surface area contributed by atoms with Crippen LogP contribution in [0.25, 0.3) is 0 Å². The summed E-state index contributed by atoms with van der Waals surface area (Å²) in [7, 11) is 3.20. The van der Waals surface area contributed by atoms with E-state index in [9.17, 15) is 9.59 Å². The summed E-state index contributed by atoms with van der Waals surface area (Å²) in [5.41, 5.74) is 1.01. The van der Waals surface area contributed by atoms with Crippen molar-refractivity contribution in [3.63, 3.8) is 0 Å². The van der Waals surface area contributed by atoms with E-state index in [4.69, 9.17) is 18.3 Å². The van der Waals surface area contributed by atoms with Gasteiger partial charge in [0.05, 0.1) is 27.0 Å². The quantitative estimate of drug-likeness (QED) is 0.384. The van der Waals surface area contributed by atoms with Crippen molar-refractivity contribution in [1.29, 1.82) is 0 Å². The summed E-state index contributed by atoms with van der Waals surface area (Å²) >= 11 is 0. The molecule has 0 atom stereocenters. The molecule has 0 unspecified atom stereocenters. The molecular weight excluding hydrogens is 448 g/mol. The maximum atomic E-state index is 13.5. The third kappa shape index (κ3) is 6.47. The van der Waals surface area contributed by atoms with Crippen LogP contribution in [0.4, 0.5) is 0 Å². The summed E-state index contributed by atoms with van der Waals surface area (Å²) in [6, 6.07) is 12.8. The Hall–Kier alpha value is -3.68. The standard InChI is InChI=1S/C27H32N2O6/c1-19-6-10-22(35-19)17-28(13-12-20-9-11-23(32-2)25(15-20)33-3)26(30)18-29(16-21-7-8-21)27(31)24-5-4-14-34-24/h4-6,9-11,14-15,21H,7-8,12-13,16-18H2,1-3H3. The SMILES string of the molecule is COc1ccc(CCN(Cc2ccc(C)o2)C(=O)CN(CC2CC2)C(=O)c2ccco2)cc1OC. The number of nitrogens with zero attached hydrogens (tertiary/aromatic N) is 2. The Kier molecular flexibility index (Phi) is 7.80. The first-order chi connectivity index (χ1) is 17.0. The molecule has 0 radical (unpaired) electrons. The third-order valence-corrected chi connectivity index (χ3v) is 6.13. The molecule has 1 aliphatic rings. The zero-order chi connectivity index (χ0) is 24.8. The van der Waals surface area contributed by atoms with Gasteiger partial charge in [-0.1, -0.05) is 6.07 Å². The largest absolute Gasteiger partial charge is 0.493 e. The first kappa shape index (κ1) is 24.4. The van der Waals surface area contributed by atoms with Crippen LogP contribution >= 0.6 is 0 Å². The molecule has 0 N–H and O–H groups in total. The van der Waals surface area contributed by atoms with Crippen LogP contribution in [0.15, 0.2) is 57.6 Å². The fraction of sp³-hybridized carbons (Fsp3) is 0.407. The molecule has 0 aliphatic heterocycles. The molecule has 2 amide bonds. The van der Waals surface area contributed by atoms with Gasteiger partial charge in [-0.15, -0.1) is 0 Å². The first-order valence-electron chi connectivity index (χ1n) is 11.8. The van der Waals surface area contributed by atoms with Crippen LogP contribution in [0.3, 0.4) is 0 Å². The Morgan fingerprint density at radius 1 is 1.03 bits per heavy atom. The molecule has 4 rings (SSSR count). The lowest BCUT2D eigenvalue weighted by atomic mass is 10.1. The van der Waals surface area contributed by atoms with E-state index in [0.717, 1.165) is 24.2 Å². The van der Waals surface area contributed by atoms with Crippen molar-refractivity contribution >= 4 is 11.8 Å². The maximum absolute atomic E-state index is 13.5. The lowest BCUT2D eigenvalue weighted by Crippen LogP contribution is -2.44. The van der Waals surface area contributed by atoms with Crippen LogP contribution in [0.5, 0.6) is 11.5 Å². The second-order valence-corrected chi connectivity index (χ2v) is 8.87. The van der Waals surface area contributed by atoms with Gasteiger partial charge in [0.2, 0.25) is 5.91 Å². The van der Waals surface area contributed by atoms with E-state index >= 15 is 0 Å². The predicted octanol–water partition coefficient (Wildman–Crippen LogP) is 4.32. The highest BCUT2D eigenvalue weighted by Gasteiger charge is 2.30. The molecule has 35 heavy (non-hydrogen) atoms. The second-order valence-electron chi connectivity index (χ2n) is 8.87. The molecule has 3 aromatic rings. The van der Waals surface area contributed by atoms with E-state index in [1.54, 1.807) is 36.2 Å². The Balaban J connectivity index is 1.49. The second kappa shape index (κ2) is 11.2. The van der Waals surface area contributed by atoms with Crippen LogP contribution in [-0.4, -0.2) is 55.5 Å². The maximum Gasteiger partial charge on any atom is 0.290 e. The van der Waals surface area contributed by atoms with Crippen molar-refractivity contribution in [2.24, 2.45) is 5.92 Å². The van der Waals surface area contributed by atoms with E-state index in [1.807, 2.05) is 37.3 Å². The average molecular weight is 481 g/mol. The third-order valence-electron chi connectivity index (χ3n) is 6.13. The van der Waals surface area contributed by atoms with Gasteiger partial charge in [0.1, 0.15) is 18.1 Å². The van der Waals surface area contributed by atoms with Gasteiger partial charge in [-0.2, -0.15) is 0 Å². The topological polar surface area (TPSA) is 85.4 Å². The number of rotatable bonds is 12. The molecule has 8 nitrogen and oxygen atoms in total. The molecule has 0 saturated heterocycles. The van der Waals surface area contributed by atoms with Crippen LogP contribution in [-0.2, 0) is 17.8 Å². The molecule has 8 heteroatoms. The highest BCUT2D eigenvalue weighted by molar-refractivity contribution is 5.94. The van der Waals surface area contributed by atoms with Crippen molar-refractivity contribution < 1.29 is 27.9 Å². The number of carbonyl (C=O) groups is 2. The van der Waals surface area contributed by atoms with E-state index in [-0.39, 0.29) is 24.1 Å². The summed E-state index contributed by atoms with van der Waals surface area (Å²) in [5, 5.41) is 0. The van der Waals surface area contributed by atoms with Crippen LogP contribution in [0.2, 0.25) is 0 Å². The minimum absolute atomic E-state index is 0.0122. The summed E-state index contributed by atoms with van der Waals surface area (Å²) in [6.07, 6.45) is 4.23. The van der Waals surface area contributed by atoms with Gasteiger partial charge < -0.3 is 28.1 Å². The molecule has 1 aliphatic carbocycles. The summed E-state index contributed by atoms with van der Waals surface area (Å²) in [4.78, 5) is 29.9. The average Bonchev–Trinajstić information content (AvgIpc) is 3.32. The molecule has 1 fully saturated rings. The number of hydrogen-bond acceptors (Lipinski definition) is 6. The molecule has 0 bridgehead atoms. The fourth-order valence-electron chi connectivity index (χ4n) is 4.00. The van der Waals surface area contributed by atoms with Crippen molar-refractivity contribution in [1.82, 2.24) is 9.80 Å². The van der Waals surface area contributed by atoms with Crippen molar-refractivity contribution in [2.75, 3.05) is 33.9 Å². The summed E-state index contributed by atoms with van der Waals surface area (Å²) in [5.74, 6) is 3.08. The number of methoxy groups -OCH3 is 2. The van der Waals surface area contributed by atoms with Gasteiger partial charge in [0.25, 0.3) is 5.91 Å². The molecule has 1 aromatic carbocycles. The van der Waals surface area contributed by atoms with Crippen molar-refractivity contribution in [3.8, 4) is 11.5 Å². The number of ether oxygens (including phenoxy) is 2. The Morgan fingerprint density at radius 3 is 2.46 bits per heavy atom. The molecule has 1 saturated carbocycles. The van der Waals surface area contributed by atoms with Crippen LogP contribution in [0, 0.1) is 12.8 Å². The van der Waals surface area contributed by atoms with E-state index in [1.165, 1.54) is 6.26 Å². The van der Waals surface area contributed by atoms with Crippen molar-refractivity contribution in [3.05, 3.63) is 71.6 Å². The minimum Gasteiger partial charge on any atom is -0.493 e. The van der Waals surface area contributed by atoms with Gasteiger partial charge in [0, 0.05) is 13.1 Å². The number of hydrogen-bond donors (Lipinski definition) is 0. The molecule has 0 spiro atoms. The monoisotopic (exact) mass is 480 g/mol. The number of benzene rings is 1. The van der Waals surface area contributed by atoms with Gasteiger partial charge in [-0.05, 0) is 74.1 Å². The number of amides is 2. The summed E-state index contributed by atoms with van der Waals surface area (Å²) in [6.45, 7) is 3.20. The van der Waals surface area contributed by atoms with E-state index < -0.39 is 0 Å². The highest BCUT2D eigenvalue weighted by atomic mass is 16.5. The van der Waals surface area contributed by atoms with Gasteiger partial charge in [0.15, 0.2) is 17.3 Å². The van der Waals surface area contributed by atoms with E-state index in [0.29, 0.717) is 49.2 Å². The van der Waals surface area contributed by atoms with Gasteiger partial charge >= 0.3 is 0 Å². The lowest BCUT2D eigenvalue weighted by molar-refractivity contribution is -0.132. The summed E-state index contributed by atoms with van der Waals surface area (Å²) < 4.78 is 21.8. The molecule has 2 aromatic heterocycles. The number of furan rings is 2. The zero-order valence-corrected chi connectivity index (χ0v) is 20.5.